The number of hydrogen-bond acceptors (Lipinski definition) is 2. The smallest absolute Gasteiger partial charge is 0.0245 e. The standard InChI is InChI=1S/C16H25BrN2/c1-16(2,3)15-12-19(10-6-9-18-15)11-13-7-4-5-8-14(13)17/h4-5,7-8,15,18H,6,9-12H2,1-3H3. The minimum atomic E-state index is 0.316. The monoisotopic (exact) mass is 324 g/mol. The fourth-order valence-electron chi connectivity index (χ4n) is 2.58. The summed E-state index contributed by atoms with van der Waals surface area (Å²) in [6, 6.07) is 9.12. The number of rotatable bonds is 2. The van der Waals surface area contributed by atoms with Gasteiger partial charge in [0.15, 0.2) is 0 Å². The molecular formula is C16H25BrN2. The Balaban J connectivity index is 2.05. The Morgan fingerprint density at radius 1 is 1.32 bits per heavy atom. The molecule has 1 aliphatic rings. The van der Waals surface area contributed by atoms with Gasteiger partial charge in [-0.3, -0.25) is 4.90 Å². The van der Waals surface area contributed by atoms with Crippen molar-refractivity contribution in [2.45, 2.75) is 39.8 Å². The first-order valence-corrected chi connectivity index (χ1v) is 7.95. The first kappa shape index (κ1) is 15.0. The molecule has 1 atom stereocenters. The van der Waals surface area contributed by atoms with Crippen LogP contribution in [-0.4, -0.2) is 30.6 Å². The van der Waals surface area contributed by atoms with Crippen molar-refractivity contribution in [2.24, 2.45) is 5.41 Å². The van der Waals surface area contributed by atoms with Crippen LogP contribution < -0.4 is 5.32 Å². The maximum Gasteiger partial charge on any atom is 0.0245 e. The van der Waals surface area contributed by atoms with Crippen molar-refractivity contribution in [1.82, 2.24) is 10.2 Å². The number of hydrogen-bond donors (Lipinski definition) is 1. The van der Waals surface area contributed by atoms with E-state index in [9.17, 15) is 0 Å². The first-order valence-electron chi connectivity index (χ1n) is 7.16. The highest BCUT2D eigenvalue weighted by Crippen LogP contribution is 2.24. The van der Waals surface area contributed by atoms with Gasteiger partial charge in [-0.2, -0.15) is 0 Å². The van der Waals surface area contributed by atoms with Crippen molar-refractivity contribution in [3.05, 3.63) is 34.3 Å². The number of nitrogens with one attached hydrogen (secondary N) is 1. The van der Waals surface area contributed by atoms with Gasteiger partial charge in [-0.05, 0) is 36.6 Å². The van der Waals surface area contributed by atoms with Crippen molar-refractivity contribution in [2.75, 3.05) is 19.6 Å². The van der Waals surface area contributed by atoms with Crippen LogP contribution >= 0.6 is 15.9 Å². The zero-order valence-electron chi connectivity index (χ0n) is 12.2. The third-order valence-electron chi connectivity index (χ3n) is 3.88. The first-order chi connectivity index (χ1) is 8.97. The van der Waals surface area contributed by atoms with Gasteiger partial charge in [0.25, 0.3) is 0 Å². The summed E-state index contributed by atoms with van der Waals surface area (Å²) in [5.41, 5.74) is 1.70. The molecule has 1 aliphatic heterocycles. The van der Waals surface area contributed by atoms with Crippen LogP contribution in [0.5, 0.6) is 0 Å². The van der Waals surface area contributed by atoms with Crippen LogP contribution in [0.2, 0.25) is 0 Å². The fourth-order valence-corrected chi connectivity index (χ4v) is 2.99. The van der Waals surface area contributed by atoms with Crippen molar-refractivity contribution >= 4 is 15.9 Å². The maximum absolute atomic E-state index is 3.70. The van der Waals surface area contributed by atoms with Crippen LogP contribution in [0.25, 0.3) is 0 Å². The summed E-state index contributed by atoms with van der Waals surface area (Å²) in [6.45, 7) is 11.5. The molecule has 2 rings (SSSR count). The number of halogens is 1. The summed E-state index contributed by atoms with van der Waals surface area (Å²) >= 11 is 3.65. The predicted octanol–water partition coefficient (Wildman–Crippen LogP) is 3.66. The molecule has 0 spiro atoms. The highest BCUT2D eigenvalue weighted by molar-refractivity contribution is 9.10. The Kier molecular flexibility index (Phi) is 5.04. The normalized spacial score (nSPS) is 22.2. The molecule has 106 valence electrons. The molecule has 1 saturated heterocycles. The topological polar surface area (TPSA) is 15.3 Å². The third-order valence-corrected chi connectivity index (χ3v) is 4.65. The largest absolute Gasteiger partial charge is 0.312 e. The molecule has 1 fully saturated rings. The van der Waals surface area contributed by atoms with Gasteiger partial charge < -0.3 is 5.32 Å². The second-order valence-corrected chi connectivity index (χ2v) is 7.41. The molecule has 0 aliphatic carbocycles. The lowest BCUT2D eigenvalue weighted by Gasteiger charge is -2.33. The Morgan fingerprint density at radius 2 is 2.05 bits per heavy atom. The van der Waals surface area contributed by atoms with Gasteiger partial charge in [-0.15, -0.1) is 0 Å². The minimum absolute atomic E-state index is 0.316. The van der Waals surface area contributed by atoms with Crippen LogP contribution in [0.4, 0.5) is 0 Å². The summed E-state index contributed by atoms with van der Waals surface area (Å²) in [7, 11) is 0. The van der Waals surface area contributed by atoms with E-state index in [0.29, 0.717) is 11.5 Å². The van der Waals surface area contributed by atoms with E-state index in [-0.39, 0.29) is 0 Å². The predicted molar refractivity (Wildman–Crippen MR) is 85.3 cm³/mol. The van der Waals surface area contributed by atoms with Crippen LogP contribution in [0.15, 0.2) is 28.7 Å². The van der Waals surface area contributed by atoms with E-state index in [4.69, 9.17) is 0 Å². The quantitative estimate of drug-likeness (QED) is 0.893. The molecule has 2 nitrogen and oxygen atoms in total. The molecule has 0 amide bonds. The van der Waals surface area contributed by atoms with Gasteiger partial charge in [0.1, 0.15) is 0 Å². The molecule has 1 N–H and O–H groups in total. The van der Waals surface area contributed by atoms with E-state index >= 15 is 0 Å². The zero-order chi connectivity index (χ0) is 13.9. The van der Waals surface area contributed by atoms with E-state index in [1.807, 2.05) is 0 Å². The van der Waals surface area contributed by atoms with Crippen molar-refractivity contribution in [3.8, 4) is 0 Å². The van der Waals surface area contributed by atoms with Crippen LogP contribution in [0.1, 0.15) is 32.8 Å². The van der Waals surface area contributed by atoms with Gasteiger partial charge >= 0.3 is 0 Å². The fraction of sp³-hybridized carbons (Fsp3) is 0.625. The van der Waals surface area contributed by atoms with Gasteiger partial charge in [-0.1, -0.05) is 54.9 Å². The van der Waals surface area contributed by atoms with Gasteiger partial charge in [0, 0.05) is 23.6 Å². The van der Waals surface area contributed by atoms with Crippen molar-refractivity contribution < 1.29 is 0 Å². The van der Waals surface area contributed by atoms with Crippen molar-refractivity contribution in [1.29, 1.82) is 0 Å². The SMILES string of the molecule is CC(C)(C)C1CN(Cc2ccccc2Br)CCCN1. The minimum Gasteiger partial charge on any atom is -0.312 e. The molecule has 3 heteroatoms. The summed E-state index contributed by atoms with van der Waals surface area (Å²) in [5.74, 6) is 0. The van der Waals surface area contributed by atoms with E-state index < -0.39 is 0 Å². The molecule has 0 radical (unpaired) electrons. The number of benzene rings is 1. The zero-order valence-corrected chi connectivity index (χ0v) is 13.8. The Morgan fingerprint density at radius 3 is 2.74 bits per heavy atom. The lowest BCUT2D eigenvalue weighted by molar-refractivity contribution is 0.192. The second-order valence-electron chi connectivity index (χ2n) is 6.55. The molecule has 19 heavy (non-hydrogen) atoms. The van der Waals surface area contributed by atoms with Gasteiger partial charge in [-0.25, -0.2) is 0 Å². The van der Waals surface area contributed by atoms with Crippen LogP contribution in [-0.2, 0) is 6.54 Å². The Hall–Kier alpha value is -0.380. The summed E-state index contributed by atoms with van der Waals surface area (Å²) in [4.78, 5) is 2.58. The number of nitrogens with zero attached hydrogens (tertiary/aromatic N) is 1. The summed E-state index contributed by atoms with van der Waals surface area (Å²) in [6.07, 6.45) is 1.23. The molecule has 1 unspecified atom stereocenters. The lowest BCUT2D eigenvalue weighted by atomic mass is 9.86. The highest BCUT2D eigenvalue weighted by atomic mass is 79.9. The highest BCUT2D eigenvalue weighted by Gasteiger charge is 2.28. The third kappa shape index (κ3) is 4.30. The Bertz CT molecular complexity index is 411. The average Bonchev–Trinajstić information content (AvgIpc) is 2.57. The molecule has 1 heterocycles. The summed E-state index contributed by atoms with van der Waals surface area (Å²) < 4.78 is 1.22. The molecule has 0 bridgehead atoms. The lowest BCUT2D eigenvalue weighted by Crippen LogP contribution is -2.46. The van der Waals surface area contributed by atoms with E-state index in [1.165, 1.54) is 23.0 Å². The molecule has 1 aromatic carbocycles. The summed E-state index contributed by atoms with van der Waals surface area (Å²) in [5, 5.41) is 3.70. The van der Waals surface area contributed by atoms with E-state index in [0.717, 1.165) is 19.6 Å². The molecule has 0 aromatic heterocycles. The van der Waals surface area contributed by atoms with Crippen LogP contribution in [0.3, 0.4) is 0 Å². The van der Waals surface area contributed by atoms with Crippen molar-refractivity contribution in [3.63, 3.8) is 0 Å². The van der Waals surface area contributed by atoms with Gasteiger partial charge in [0.2, 0.25) is 0 Å². The van der Waals surface area contributed by atoms with Crippen LogP contribution in [0, 0.1) is 5.41 Å². The Labute approximate surface area is 125 Å². The van der Waals surface area contributed by atoms with E-state index in [2.05, 4.69) is 71.2 Å². The second kappa shape index (κ2) is 6.38. The average molecular weight is 325 g/mol. The van der Waals surface area contributed by atoms with E-state index in [1.54, 1.807) is 0 Å². The molecular weight excluding hydrogens is 300 g/mol. The van der Waals surface area contributed by atoms with Gasteiger partial charge in [0.05, 0.1) is 0 Å². The molecule has 1 aromatic rings. The maximum atomic E-state index is 3.70. The molecule has 0 saturated carbocycles.